The molecule has 1 atom stereocenters. The molecule has 0 spiro atoms. The molecule has 0 aliphatic rings. The molecule has 1 heteroatoms. The minimum atomic E-state index is 0.281. The predicted molar refractivity (Wildman–Crippen MR) is 119 cm³/mol. The van der Waals surface area contributed by atoms with Gasteiger partial charge in [0.1, 0.15) is 0 Å². The summed E-state index contributed by atoms with van der Waals surface area (Å²) in [6, 6.07) is 0. The molecule has 1 nitrogen and oxygen atoms in total. The van der Waals surface area contributed by atoms with Crippen LogP contribution in [0.15, 0.2) is 12.7 Å². The van der Waals surface area contributed by atoms with Gasteiger partial charge in [-0.2, -0.15) is 0 Å². The van der Waals surface area contributed by atoms with E-state index in [-0.39, 0.29) is 6.10 Å². The molecule has 0 aromatic carbocycles. The summed E-state index contributed by atoms with van der Waals surface area (Å²) in [5.41, 5.74) is 0.508. The van der Waals surface area contributed by atoms with E-state index in [2.05, 4.69) is 34.3 Å². The average Bonchev–Trinajstić information content (AvgIpc) is 2.59. The van der Waals surface area contributed by atoms with Crippen LogP contribution >= 0.6 is 0 Å². The predicted octanol–water partition coefficient (Wildman–Crippen LogP) is 8.87. The van der Waals surface area contributed by atoms with Gasteiger partial charge in [0.25, 0.3) is 0 Å². The zero-order chi connectivity index (χ0) is 19.5. The summed E-state index contributed by atoms with van der Waals surface area (Å²) in [4.78, 5) is 0. The number of unbranched alkanes of at least 4 members (excludes halogenated alkanes) is 12. The molecule has 26 heavy (non-hydrogen) atoms. The Morgan fingerprint density at radius 3 is 1.77 bits per heavy atom. The lowest BCUT2D eigenvalue weighted by Crippen LogP contribution is -2.10. The van der Waals surface area contributed by atoms with Crippen LogP contribution in [0, 0.1) is 5.41 Å². The lowest BCUT2D eigenvalue weighted by molar-refractivity contribution is 0.0746. The Balaban J connectivity index is 3.34. The second-order valence-corrected chi connectivity index (χ2v) is 9.34. The van der Waals surface area contributed by atoms with Crippen molar-refractivity contribution in [1.29, 1.82) is 0 Å². The summed E-state index contributed by atoms with van der Waals surface area (Å²) >= 11 is 0. The van der Waals surface area contributed by atoms with Crippen LogP contribution in [0.4, 0.5) is 0 Å². The van der Waals surface area contributed by atoms with Gasteiger partial charge in [-0.15, -0.1) is 6.58 Å². The first-order valence-electron chi connectivity index (χ1n) is 11.7. The van der Waals surface area contributed by atoms with E-state index >= 15 is 0 Å². The zero-order valence-corrected chi connectivity index (χ0v) is 18.8. The first-order chi connectivity index (χ1) is 12.5. The summed E-state index contributed by atoms with van der Waals surface area (Å²) in [5.74, 6) is 0. The molecule has 0 amide bonds. The van der Waals surface area contributed by atoms with Crippen LogP contribution in [0.25, 0.3) is 0 Å². The highest BCUT2D eigenvalue weighted by molar-refractivity contribution is 4.79. The van der Waals surface area contributed by atoms with Gasteiger partial charge in [0.15, 0.2) is 0 Å². The van der Waals surface area contributed by atoms with Gasteiger partial charge in [0, 0.05) is 6.61 Å². The third-order valence-electron chi connectivity index (χ3n) is 5.26. The lowest BCUT2D eigenvalue weighted by Gasteiger charge is -2.17. The SMILES string of the molecule is C=CC(CCCCCCCCC)OCCCCCCCCCC(C)(C)C. The van der Waals surface area contributed by atoms with Gasteiger partial charge < -0.3 is 4.74 Å². The Kier molecular flexibility index (Phi) is 17.9. The van der Waals surface area contributed by atoms with E-state index in [9.17, 15) is 0 Å². The number of ether oxygens (including phenoxy) is 1. The molecule has 0 fully saturated rings. The maximum absolute atomic E-state index is 6.00. The second kappa shape index (κ2) is 18.1. The molecule has 0 aromatic rings. The third-order valence-corrected chi connectivity index (χ3v) is 5.26. The molecule has 0 aliphatic carbocycles. The highest BCUT2D eigenvalue weighted by Gasteiger charge is 2.08. The maximum Gasteiger partial charge on any atom is 0.0753 e. The van der Waals surface area contributed by atoms with Gasteiger partial charge in [-0.3, -0.25) is 0 Å². The van der Waals surface area contributed by atoms with Crippen molar-refractivity contribution in [2.75, 3.05) is 6.61 Å². The van der Waals surface area contributed by atoms with Crippen LogP contribution in [0.2, 0.25) is 0 Å². The fourth-order valence-corrected chi connectivity index (χ4v) is 3.45. The number of hydrogen-bond donors (Lipinski definition) is 0. The van der Waals surface area contributed by atoms with Crippen molar-refractivity contribution in [3.8, 4) is 0 Å². The van der Waals surface area contributed by atoms with E-state index in [0.717, 1.165) is 13.0 Å². The van der Waals surface area contributed by atoms with E-state index < -0.39 is 0 Å². The van der Waals surface area contributed by atoms with Gasteiger partial charge in [-0.1, -0.05) is 117 Å². The van der Waals surface area contributed by atoms with Crippen LogP contribution in [-0.4, -0.2) is 12.7 Å². The molecule has 0 saturated carbocycles. The van der Waals surface area contributed by atoms with E-state index in [4.69, 9.17) is 4.74 Å². The monoisotopic (exact) mass is 366 g/mol. The van der Waals surface area contributed by atoms with Gasteiger partial charge in [0.2, 0.25) is 0 Å². The summed E-state index contributed by atoms with van der Waals surface area (Å²) < 4.78 is 6.00. The second-order valence-electron chi connectivity index (χ2n) is 9.34. The Morgan fingerprint density at radius 1 is 0.731 bits per heavy atom. The largest absolute Gasteiger partial charge is 0.374 e. The standard InChI is InChI=1S/C25H50O/c1-6-8-9-10-12-15-18-21-24(7-2)26-23-20-17-14-11-13-16-19-22-25(3,4)5/h7,24H,2,6,8-23H2,1,3-5H3. The Labute approximate surface area is 166 Å². The first-order valence-corrected chi connectivity index (χ1v) is 11.7. The quantitative estimate of drug-likeness (QED) is 0.164. The minimum Gasteiger partial charge on any atom is -0.374 e. The van der Waals surface area contributed by atoms with Gasteiger partial charge in [-0.25, -0.2) is 0 Å². The molecule has 0 bridgehead atoms. The Hall–Kier alpha value is -0.300. The molecule has 0 heterocycles. The normalized spacial score (nSPS) is 13.1. The van der Waals surface area contributed by atoms with Gasteiger partial charge >= 0.3 is 0 Å². The first kappa shape index (κ1) is 25.7. The lowest BCUT2D eigenvalue weighted by atomic mass is 9.89. The smallest absolute Gasteiger partial charge is 0.0753 e. The number of hydrogen-bond acceptors (Lipinski definition) is 1. The molecule has 156 valence electrons. The molecule has 0 aromatic heterocycles. The zero-order valence-electron chi connectivity index (χ0n) is 18.8. The molecule has 0 saturated heterocycles. The third kappa shape index (κ3) is 20.0. The highest BCUT2D eigenvalue weighted by atomic mass is 16.5. The van der Waals surface area contributed by atoms with Gasteiger partial charge in [0.05, 0.1) is 6.10 Å². The fourth-order valence-electron chi connectivity index (χ4n) is 3.45. The summed E-state index contributed by atoms with van der Waals surface area (Å²) in [6.07, 6.45) is 23.9. The molecular weight excluding hydrogens is 316 g/mol. The van der Waals surface area contributed by atoms with Crippen LogP contribution in [-0.2, 0) is 4.74 Å². The van der Waals surface area contributed by atoms with Crippen molar-refractivity contribution in [1.82, 2.24) is 0 Å². The van der Waals surface area contributed by atoms with Crippen molar-refractivity contribution in [2.24, 2.45) is 5.41 Å². The summed E-state index contributed by atoms with van der Waals surface area (Å²) in [7, 11) is 0. The van der Waals surface area contributed by atoms with Crippen molar-refractivity contribution >= 4 is 0 Å². The molecule has 0 aliphatic heterocycles. The highest BCUT2D eigenvalue weighted by Crippen LogP contribution is 2.22. The molecule has 1 unspecified atom stereocenters. The molecular formula is C25H50O. The van der Waals surface area contributed by atoms with E-state index in [1.807, 2.05) is 6.08 Å². The van der Waals surface area contributed by atoms with E-state index in [0.29, 0.717) is 5.41 Å². The topological polar surface area (TPSA) is 9.23 Å². The van der Waals surface area contributed by atoms with Crippen molar-refractivity contribution in [2.45, 2.75) is 137 Å². The summed E-state index contributed by atoms with van der Waals surface area (Å²) in [5, 5.41) is 0. The fraction of sp³-hybridized carbons (Fsp3) is 0.920. The van der Waals surface area contributed by atoms with E-state index in [1.165, 1.54) is 96.3 Å². The van der Waals surface area contributed by atoms with Crippen LogP contribution < -0.4 is 0 Å². The van der Waals surface area contributed by atoms with Crippen LogP contribution in [0.1, 0.15) is 130 Å². The van der Waals surface area contributed by atoms with Crippen molar-refractivity contribution in [3.63, 3.8) is 0 Å². The van der Waals surface area contributed by atoms with Gasteiger partial charge in [-0.05, 0) is 24.7 Å². The van der Waals surface area contributed by atoms with Crippen LogP contribution in [0.5, 0.6) is 0 Å². The summed E-state index contributed by atoms with van der Waals surface area (Å²) in [6.45, 7) is 14.2. The maximum atomic E-state index is 6.00. The number of rotatable bonds is 19. The molecule has 0 radical (unpaired) electrons. The molecule has 0 N–H and O–H groups in total. The molecule has 0 rings (SSSR count). The Morgan fingerprint density at radius 2 is 1.23 bits per heavy atom. The Bertz CT molecular complexity index is 289. The van der Waals surface area contributed by atoms with Crippen LogP contribution in [0.3, 0.4) is 0 Å². The van der Waals surface area contributed by atoms with E-state index in [1.54, 1.807) is 0 Å². The van der Waals surface area contributed by atoms with Crippen molar-refractivity contribution < 1.29 is 4.74 Å². The van der Waals surface area contributed by atoms with Crippen molar-refractivity contribution in [3.05, 3.63) is 12.7 Å². The average molecular weight is 367 g/mol. The minimum absolute atomic E-state index is 0.281.